The zero-order valence-corrected chi connectivity index (χ0v) is 14.5. The first-order valence-electron chi connectivity index (χ1n) is 7.48. The lowest BCUT2D eigenvalue weighted by molar-refractivity contribution is -0.138. The third kappa shape index (κ3) is 3.86. The molecule has 28 heavy (non-hydrogen) atoms. The molecule has 1 unspecified atom stereocenters. The lowest BCUT2D eigenvalue weighted by Gasteiger charge is -2.21. The maximum absolute atomic E-state index is 14.2. The van der Waals surface area contributed by atoms with E-state index < -0.39 is 51.8 Å². The SMILES string of the molecule is CC(Nc1nc(-n2cncn2)nc(Cl)c1-c1c(F)cc(F)cc1F)C(F)(F)F. The van der Waals surface area contributed by atoms with Crippen molar-refractivity contribution in [3.8, 4) is 17.1 Å². The molecule has 1 atom stereocenters. The van der Waals surface area contributed by atoms with Gasteiger partial charge in [0, 0.05) is 12.1 Å². The van der Waals surface area contributed by atoms with Crippen molar-refractivity contribution in [2.75, 3.05) is 5.32 Å². The first-order valence-corrected chi connectivity index (χ1v) is 7.86. The number of halogens is 7. The van der Waals surface area contributed by atoms with Gasteiger partial charge in [0.1, 0.15) is 47.1 Å². The van der Waals surface area contributed by atoms with Crippen molar-refractivity contribution in [2.45, 2.75) is 19.1 Å². The van der Waals surface area contributed by atoms with Gasteiger partial charge in [0.25, 0.3) is 5.95 Å². The number of nitrogens with zero attached hydrogens (tertiary/aromatic N) is 5. The van der Waals surface area contributed by atoms with E-state index in [1.54, 1.807) is 0 Å². The van der Waals surface area contributed by atoms with Gasteiger partial charge in [0.05, 0.1) is 11.1 Å². The van der Waals surface area contributed by atoms with Crippen molar-refractivity contribution in [1.29, 1.82) is 0 Å². The smallest absolute Gasteiger partial charge is 0.358 e. The van der Waals surface area contributed by atoms with Gasteiger partial charge < -0.3 is 5.32 Å². The molecule has 0 radical (unpaired) electrons. The minimum atomic E-state index is -4.71. The minimum absolute atomic E-state index is 0.300. The Bertz CT molecular complexity index is 984. The van der Waals surface area contributed by atoms with Gasteiger partial charge in [-0.3, -0.25) is 0 Å². The summed E-state index contributed by atoms with van der Waals surface area (Å²) in [5.41, 5.74) is -1.48. The third-order valence-electron chi connectivity index (χ3n) is 3.58. The van der Waals surface area contributed by atoms with Crippen molar-refractivity contribution in [2.24, 2.45) is 0 Å². The first-order chi connectivity index (χ1) is 13.1. The normalized spacial score (nSPS) is 12.9. The van der Waals surface area contributed by atoms with Crippen LogP contribution in [0.2, 0.25) is 5.15 Å². The van der Waals surface area contributed by atoms with Gasteiger partial charge in [-0.15, -0.1) is 0 Å². The Balaban J connectivity index is 2.24. The molecule has 0 saturated carbocycles. The largest absolute Gasteiger partial charge is 0.408 e. The molecule has 6 nitrogen and oxygen atoms in total. The van der Waals surface area contributed by atoms with Crippen LogP contribution in [0, 0.1) is 17.5 Å². The molecule has 0 bridgehead atoms. The number of alkyl halides is 3. The van der Waals surface area contributed by atoms with Gasteiger partial charge in [-0.25, -0.2) is 18.2 Å². The Labute approximate surface area is 158 Å². The molecule has 13 heteroatoms. The fourth-order valence-electron chi connectivity index (χ4n) is 2.23. The second-order valence-corrected chi connectivity index (χ2v) is 5.89. The summed E-state index contributed by atoms with van der Waals surface area (Å²) in [7, 11) is 0. The van der Waals surface area contributed by atoms with Crippen molar-refractivity contribution in [3.63, 3.8) is 0 Å². The van der Waals surface area contributed by atoms with E-state index in [1.807, 2.05) is 5.32 Å². The van der Waals surface area contributed by atoms with Crippen LogP contribution in [0.4, 0.5) is 32.2 Å². The van der Waals surface area contributed by atoms with Crippen molar-refractivity contribution < 1.29 is 26.3 Å². The standard InChI is InChI=1S/C15H9ClF6N6/c1-6(15(20,21)22)25-13-11(10-8(18)2-7(17)3-9(10)19)12(16)26-14(27-13)28-5-23-4-24-28/h2-6H,1H3,(H,25,26,27). The summed E-state index contributed by atoms with van der Waals surface area (Å²) in [6.45, 7) is 0.770. The average Bonchev–Trinajstić information content (AvgIpc) is 3.09. The van der Waals surface area contributed by atoms with Crippen LogP contribution in [0.3, 0.4) is 0 Å². The highest BCUT2D eigenvalue weighted by atomic mass is 35.5. The van der Waals surface area contributed by atoms with E-state index in [9.17, 15) is 26.3 Å². The fraction of sp³-hybridized carbons (Fsp3) is 0.200. The molecule has 3 aromatic rings. The Hall–Kier alpha value is -2.89. The minimum Gasteiger partial charge on any atom is -0.358 e. The maximum Gasteiger partial charge on any atom is 0.408 e. The summed E-state index contributed by atoms with van der Waals surface area (Å²) < 4.78 is 81.6. The number of aromatic nitrogens is 5. The van der Waals surface area contributed by atoms with Gasteiger partial charge >= 0.3 is 6.18 Å². The predicted octanol–water partition coefficient (Wildman–Crippen LogP) is 4.16. The van der Waals surface area contributed by atoms with Crippen molar-refractivity contribution in [3.05, 3.63) is 47.4 Å². The zero-order valence-electron chi connectivity index (χ0n) is 13.8. The molecule has 0 saturated heterocycles. The van der Waals surface area contributed by atoms with Gasteiger partial charge in [0.2, 0.25) is 0 Å². The van der Waals surface area contributed by atoms with Crippen LogP contribution >= 0.6 is 11.6 Å². The van der Waals surface area contributed by atoms with E-state index >= 15 is 0 Å². The van der Waals surface area contributed by atoms with Crippen LogP contribution in [0.1, 0.15) is 6.92 Å². The van der Waals surface area contributed by atoms with Gasteiger partial charge in [-0.2, -0.15) is 32.9 Å². The molecule has 0 fully saturated rings. The molecule has 2 heterocycles. The summed E-state index contributed by atoms with van der Waals surface area (Å²) in [6, 6.07) is -1.44. The molecule has 148 valence electrons. The molecule has 1 aromatic carbocycles. The van der Waals surface area contributed by atoms with Gasteiger partial charge in [-0.05, 0) is 6.92 Å². The molecule has 3 rings (SSSR count). The highest BCUT2D eigenvalue weighted by molar-refractivity contribution is 6.32. The lowest BCUT2D eigenvalue weighted by atomic mass is 10.1. The maximum atomic E-state index is 14.2. The second-order valence-electron chi connectivity index (χ2n) is 5.53. The summed E-state index contributed by atoms with van der Waals surface area (Å²) in [5, 5.41) is 5.15. The Morgan fingerprint density at radius 1 is 1.07 bits per heavy atom. The Morgan fingerprint density at radius 2 is 1.71 bits per heavy atom. The molecular weight excluding hydrogens is 414 g/mol. The quantitative estimate of drug-likeness (QED) is 0.505. The summed E-state index contributed by atoms with van der Waals surface area (Å²) in [4.78, 5) is 11.3. The summed E-state index contributed by atoms with van der Waals surface area (Å²) >= 11 is 6.01. The highest BCUT2D eigenvalue weighted by Gasteiger charge is 2.37. The second kappa shape index (κ2) is 7.26. The van der Waals surface area contributed by atoms with Crippen LogP contribution in [-0.4, -0.2) is 37.0 Å². The molecule has 0 amide bonds. The Morgan fingerprint density at radius 3 is 2.25 bits per heavy atom. The van der Waals surface area contributed by atoms with Gasteiger partial charge in [0.15, 0.2) is 0 Å². The summed E-state index contributed by atoms with van der Waals surface area (Å²) in [5.74, 6) is -4.92. The van der Waals surface area contributed by atoms with Crippen LogP contribution in [-0.2, 0) is 0 Å². The van der Waals surface area contributed by atoms with E-state index in [0.717, 1.165) is 24.3 Å². The molecule has 0 spiro atoms. The zero-order chi connectivity index (χ0) is 20.6. The number of anilines is 1. The first kappa shape index (κ1) is 19.9. The number of benzene rings is 1. The molecule has 0 aliphatic carbocycles. The van der Waals surface area contributed by atoms with E-state index in [-0.39, 0.29) is 5.95 Å². The molecule has 0 aliphatic rings. The fourth-order valence-corrected chi connectivity index (χ4v) is 2.49. The molecule has 2 aromatic heterocycles. The third-order valence-corrected chi connectivity index (χ3v) is 3.85. The average molecular weight is 423 g/mol. The number of nitrogens with one attached hydrogen (secondary N) is 1. The van der Waals surface area contributed by atoms with E-state index in [0.29, 0.717) is 12.1 Å². The van der Waals surface area contributed by atoms with Crippen LogP contribution in [0.25, 0.3) is 17.1 Å². The number of hydrogen-bond acceptors (Lipinski definition) is 5. The Kier molecular flexibility index (Phi) is 5.15. The predicted molar refractivity (Wildman–Crippen MR) is 86.4 cm³/mol. The van der Waals surface area contributed by atoms with Crippen LogP contribution < -0.4 is 5.32 Å². The molecule has 1 N–H and O–H groups in total. The highest BCUT2D eigenvalue weighted by Crippen LogP contribution is 2.38. The number of rotatable bonds is 4. The van der Waals surface area contributed by atoms with E-state index in [4.69, 9.17) is 11.6 Å². The van der Waals surface area contributed by atoms with Gasteiger partial charge in [-0.1, -0.05) is 11.6 Å². The molecule has 0 aliphatic heterocycles. The van der Waals surface area contributed by atoms with Crippen molar-refractivity contribution >= 4 is 17.4 Å². The number of hydrogen-bond donors (Lipinski definition) is 1. The van der Waals surface area contributed by atoms with Crippen LogP contribution in [0.15, 0.2) is 24.8 Å². The van der Waals surface area contributed by atoms with Crippen molar-refractivity contribution in [1.82, 2.24) is 24.7 Å². The topological polar surface area (TPSA) is 68.5 Å². The lowest BCUT2D eigenvalue weighted by Crippen LogP contribution is -2.34. The van der Waals surface area contributed by atoms with E-state index in [2.05, 4.69) is 20.1 Å². The van der Waals surface area contributed by atoms with Crippen LogP contribution in [0.5, 0.6) is 0 Å². The summed E-state index contributed by atoms with van der Waals surface area (Å²) in [6.07, 6.45) is -2.46. The molecular formula is C15H9ClF6N6. The van der Waals surface area contributed by atoms with E-state index in [1.165, 1.54) is 0 Å². The monoisotopic (exact) mass is 422 g/mol.